The summed E-state index contributed by atoms with van der Waals surface area (Å²) in [6.45, 7) is 4.06. The molecule has 1 aromatic heterocycles. The Morgan fingerprint density at radius 1 is 1.28 bits per heavy atom. The third-order valence-electron chi connectivity index (χ3n) is 5.57. The number of nitrogens with zero attached hydrogens (tertiary/aromatic N) is 2. The highest BCUT2D eigenvalue weighted by atomic mass is 16.5. The zero-order valence-corrected chi connectivity index (χ0v) is 16.9. The van der Waals surface area contributed by atoms with Crippen LogP contribution in [0.4, 0.5) is 0 Å². The van der Waals surface area contributed by atoms with Crippen molar-refractivity contribution in [3.05, 3.63) is 21.9 Å². The van der Waals surface area contributed by atoms with E-state index in [0.29, 0.717) is 31.8 Å². The number of carboxylic acids is 1. The van der Waals surface area contributed by atoms with Gasteiger partial charge in [0, 0.05) is 6.54 Å². The standard InChI is InChI=1S/C20H28N2O7/c1-3-5-10-28-16-15(18(26)27-4-2)21-19-20(29-12-14(23)24)8-6-13(7-9-20)11-22(19)17(16)25/h13H,3-12H2,1-2H3,(H,23,24). The van der Waals surface area contributed by atoms with E-state index in [1.54, 1.807) is 6.92 Å². The molecule has 9 heteroatoms. The molecule has 1 aromatic rings. The van der Waals surface area contributed by atoms with Crippen molar-refractivity contribution in [3.8, 4) is 5.75 Å². The Kier molecular flexibility index (Phi) is 6.56. The smallest absolute Gasteiger partial charge is 0.361 e. The number of esters is 1. The molecular weight excluding hydrogens is 380 g/mol. The SMILES string of the molecule is CCCCOc1c(C(=O)OCC)nc2n(c1=O)CC1CCC2(OCC(=O)O)CC1. The number of ether oxygens (including phenoxy) is 3. The van der Waals surface area contributed by atoms with Crippen molar-refractivity contribution in [1.29, 1.82) is 0 Å². The summed E-state index contributed by atoms with van der Waals surface area (Å²) in [6, 6.07) is 0. The van der Waals surface area contributed by atoms with Gasteiger partial charge in [-0.05, 0) is 44.9 Å². The predicted molar refractivity (Wildman–Crippen MR) is 102 cm³/mol. The second-order valence-corrected chi connectivity index (χ2v) is 7.57. The van der Waals surface area contributed by atoms with Crippen molar-refractivity contribution in [2.24, 2.45) is 5.92 Å². The van der Waals surface area contributed by atoms with Gasteiger partial charge in [-0.3, -0.25) is 9.36 Å². The second-order valence-electron chi connectivity index (χ2n) is 7.57. The zero-order chi connectivity index (χ0) is 21.0. The number of rotatable bonds is 9. The Morgan fingerprint density at radius 3 is 2.62 bits per heavy atom. The fourth-order valence-corrected chi connectivity index (χ4v) is 4.06. The van der Waals surface area contributed by atoms with Crippen molar-refractivity contribution in [1.82, 2.24) is 9.55 Å². The van der Waals surface area contributed by atoms with Gasteiger partial charge in [0.05, 0.1) is 13.2 Å². The molecule has 4 rings (SSSR count). The first-order valence-corrected chi connectivity index (χ1v) is 10.2. The lowest BCUT2D eigenvalue weighted by molar-refractivity contribution is -0.154. The van der Waals surface area contributed by atoms with Crippen molar-refractivity contribution in [3.63, 3.8) is 0 Å². The molecule has 3 heterocycles. The van der Waals surface area contributed by atoms with Crippen LogP contribution < -0.4 is 10.3 Å². The van der Waals surface area contributed by atoms with Crippen molar-refractivity contribution < 1.29 is 28.9 Å². The lowest BCUT2D eigenvalue weighted by Crippen LogP contribution is -2.39. The van der Waals surface area contributed by atoms with E-state index in [1.165, 1.54) is 4.57 Å². The average Bonchev–Trinajstić information content (AvgIpc) is 2.95. The molecule has 0 aromatic carbocycles. The monoisotopic (exact) mass is 408 g/mol. The summed E-state index contributed by atoms with van der Waals surface area (Å²) < 4.78 is 18.1. The summed E-state index contributed by atoms with van der Waals surface area (Å²) in [5.41, 5.74) is -1.61. The number of aliphatic carboxylic acids is 1. The van der Waals surface area contributed by atoms with Crippen molar-refractivity contribution in [2.45, 2.75) is 64.5 Å². The van der Waals surface area contributed by atoms with E-state index in [1.807, 2.05) is 6.92 Å². The summed E-state index contributed by atoms with van der Waals surface area (Å²) in [7, 11) is 0. The van der Waals surface area contributed by atoms with Gasteiger partial charge in [0.2, 0.25) is 5.75 Å². The van der Waals surface area contributed by atoms with Crippen LogP contribution in [-0.4, -0.2) is 46.4 Å². The van der Waals surface area contributed by atoms with Crippen LogP contribution in [0.15, 0.2) is 4.79 Å². The normalized spacial score (nSPS) is 22.6. The number of carboxylic acid groups (broad SMARTS) is 1. The molecule has 9 nitrogen and oxygen atoms in total. The van der Waals surface area contributed by atoms with Gasteiger partial charge in [-0.2, -0.15) is 0 Å². The average molecular weight is 408 g/mol. The fraction of sp³-hybridized carbons (Fsp3) is 0.700. The highest BCUT2D eigenvalue weighted by Gasteiger charge is 2.46. The van der Waals surface area contributed by atoms with Crippen LogP contribution in [-0.2, 0) is 26.4 Å². The van der Waals surface area contributed by atoms with Gasteiger partial charge in [-0.1, -0.05) is 13.3 Å². The Balaban J connectivity index is 2.13. The Labute approximate surface area is 169 Å². The molecule has 1 aliphatic carbocycles. The maximum absolute atomic E-state index is 13.3. The summed E-state index contributed by atoms with van der Waals surface area (Å²) in [5, 5.41) is 9.11. The first-order chi connectivity index (χ1) is 13.9. The third-order valence-corrected chi connectivity index (χ3v) is 5.57. The van der Waals surface area contributed by atoms with Gasteiger partial charge in [-0.25, -0.2) is 14.6 Å². The van der Waals surface area contributed by atoms with Gasteiger partial charge in [0.1, 0.15) is 18.0 Å². The molecule has 1 fully saturated rings. The Bertz CT molecular complexity index is 825. The second kappa shape index (κ2) is 8.94. The number of unbranched alkanes of at least 4 members (excludes halogenated alkanes) is 1. The molecule has 1 saturated carbocycles. The molecule has 2 aliphatic heterocycles. The minimum absolute atomic E-state index is 0.102. The molecule has 0 radical (unpaired) electrons. The third kappa shape index (κ3) is 4.29. The van der Waals surface area contributed by atoms with Crippen LogP contribution in [0, 0.1) is 5.92 Å². The van der Waals surface area contributed by atoms with Crippen LogP contribution >= 0.6 is 0 Å². The molecule has 0 spiro atoms. The highest BCUT2D eigenvalue weighted by Crippen LogP contribution is 2.45. The molecule has 1 N–H and O–H groups in total. The van der Waals surface area contributed by atoms with Gasteiger partial charge in [0.25, 0.3) is 5.56 Å². The van der Waals surface area contributed by atoms with Gasteiger partial charge in [-0.15, -0.1) is 0 Å². The van der Waals surface area contributed by atoms with E-state index in [-0.39, 0.29) is 24.0 Å². The number of hydrogen-bond acceptors (Lipinski definition) is 7. The molecule has 2 bridgehead atoms. The van der Waals surface area contributed by atoms with E-state index < -0.39 is 29.7 Å². The fourth-order valence-electron chi connectivity index (χ4n) is 4.06. The highest BCUT2D eigenvalue weighted by molar-refractivity contribution is 5.90. The molecule has 0 saturated heterocycles. The number of hydrogen-bond donors (Lipinski definition) is 1. The van der Waals surface area contributed by atoms with E-state index >= 15 is 0 Å². The number of fused-ring (bicyclic) bond motifs is 2. The molecule has 0 amide bonds. The van der Waals surface area contributed by atoms with Crippen LogP contribution in [0.2, 0.25) is 0 Å². The summed E-state index contributed by atoms with van der Waals surface area (Å²) in [5.74, 6) is -1.35. The van der Waals surface area contributed by atoms with E-state index in [2.05, 4.69) is 4.98 Å². The lowest BCUT2D eigenvalue weighted by atomic mass is 9.80. The zero-order valence-electron chi connectivity index (χ0n) is 16.9. The minimum atomic E-state index is -1.09. The van der Waals surface area contributed by atoms with Crippen molar-refractivity contribution >= 4 is 11.9 Å². The van der Waals surface area contributed by atoms with E-state index in [0.717, 1.165) is 25.7 Å². The minimum Gasteiger partial charge on any atom is -0.486 e. The first-order valence-electron chi connectivity index (χ1n) is 10.2. The van der Waals surface area contributed by atoms with E-state index in [4.69, 9.17) is 19.3 Å². The van der Waals surface area contributed by atoms with Gasteiger partial charge < -0.3 is 19.3 Å². The summed E-state index contributed by atoms with van der Waals surface area (Å²) in [6.07, 6.45) is 4.30. The maximum atomic E-state index is 13.3. The molecule has 3 aliphatic rings. The van der Waals surface area contributed by atoms with Crippen LogP contribution in [0.5, 0.6) is 5.75 Å². The van der Waals surface area contributed by atoms with Crippen LogP contribution in [0.3, 0.4) is 0 Å². The summed E-state index contributed by atoms with van der Waals surface area (Å²) in [4.78, 5) is 41.5. The van der Waals surface area contributed by atoms with E-state index in [9.17, 15) is 14.4 Å². The quantitative estimate of drug-likeness (QED) is 0.488. The molecule has 160 valence electrons. The molecule has 0 atom stereocenters. The van der Waals surface area contributed by atoms with Crippen molar-refractivity contribution in [2.75, 3.05) is 19.8 Å². The topological polar surface area (TPSA) is 117 Å². The molecule has 0 unspecified atom stereocenters. The molecular formula is C20H28N2O7. The summed E-state index contributed by atoms with van der Waals surface area (Å²) >= 11 is 0. The maximum Gasteiger partial charge on any atom is 0.361 e. The number of carbonyl (C=O) groups excluding carboxylic acids is 1. The van der Waals surface area contributed by atoms with Crippen LogP contribution in [0.1, 0.15) is 68.7 Å². The number of carbonyl (C=O) groups is 2. The van der Waals surface area contributed by atoms with Gasteiger partial charge in [0.15, 0.2) is 5.69 Å². The predicted octanol–water partition coefficient (Wildman–Crippen LogP) is 2.10. The Morgan fingerprint density at radius 2 is 2.00 bits per heavy atom. The lowest BCUT2D eigenvalue weighted by Gasteiger charge is -2.35. The first kappa shape index (κ1) is 21.3. The van der Waals surface area contributed by atoms with Gasteiger partial charge >= 0.3 is 11.9 Å². The van der Waals surface area contributed by atoms with Crippen LogP contribution in [0.25, 0.3) is 0 Å². The largest absolute Gasteiger partial charge is 0.486 e. The molecule has 29 heavy (non-hydrogen) atoms. The number of aromatic nitrogens is 2. The Hall–Kier alpha value is -2.42.